The first-order chi connectivity index (χ1) is 14.2. The van der Waals surface area contributed by atoms with Crippen LogP contribution < -0.4 is 15.5 Å². The van der Waals surface area contributed by atoms with E-state index in [0.29, 0.717) is 18.5 Å². The highest BCUT2D eigenvalue weighted by Crippen LogP contribution is 2.43. The quantitative estimate of drug-likeness (QED) is 0.562. The molecule has 2 fully saturated rings. The lowest BCUT2D eigenvalue weighted by Gasteiger charge is -2.33. The normalized spacial score (nSPS) is 23.9. The molecule has 3 atom stereocenters. The maximum Gasteiger partial charge on any atom is 0.417 e. The topological polar surface area (TPSA) is 76.5 Å². The summed E-state index contributed by atoms with van der Waals surface area (Å²) in [5.74, 6) is -0.622. The predicted octanol–water partition coefficient (Wildman–Crippen LogP) is 4.21. The molecule has 1 saturated heterocycles. The number of fused-ring (bicyclic) bond motifs is 1. The van der Waals surface area contributed by atoms with Crippen molar-refractivity contribution in [3.63, 3.8) is 0 Å². The fourth-order valence-corrected chi connectivity index (χ4v) is 4.57. The second kappa shape index (κ2) is 7.36. The highest BCUT2D eigenvalue weighted by atomic mass is 19.4. The Morgan fingerprint density at radius 3 is 2.10 bits per heavy atom. The number of nitriles is 1. The summed E-state index contributed by atoms with van der Waals surface area (Å²) in [6, 6.07) is 8.79. The fourth-order valence-electron chi connectivity index (χ4n) is 4.57. The summed E-state index contributed by atoms with van der Waals surface area (Å²) >= 11 is 0. The number of hydrogen-bond donors (Lipinski definition) is 2. The van der Waals surface area contributed by atoms with Gasteiger partial charge in [0.2, 0.25) is 6.35 Å². The minimum Gasteiger partial charge on any atom is -0.396 e. The van der Waals surface area contributed by atoms with Gasteiger partial charge in [0.1, 0.15) is 5.82 Å². The van der Waals surface area contributed by atoms with Gasteiger partial charge in [0.05, 0.1) is 35.0 Å². The summed E-state index contributed by atoms with van der Waals surface area (Å²) in [7, 11) is 0. The molecule has 2 aliphatic rings. The number of halogens is 4. The van der Waals surface area contributed by atoms with E-state index in [4.69, 9.17) is 11.0 Å². The van der Waals surface area contributed by atoms with E-state index in [2.05, 4.69) is 0 Å². The number of anilines is 3. The van der Waals surface area contributed by atoms with Crippen molar-refractivity contribution in [3.05, 3.63) is 53.3 Å². The molecular formula is C21H20F4N4O. The SMILES string of the molecule is N#Cc1ccc(N2C(O)N(c3ccc(N)c(F)c3)[C@@H]3CCCC[C@H]32)cc1C(F)(F)F. The Labute approximate surface area is 170 Å². The minimum atomic E-state index is -4.70. The van der Waals surface area contributed by atoms with Crippen LogP contribution >= 0.6 is 0 Å². The first kappa shape index (κ1) is 20.3. The average Bonchev–Trinajstić information content (AvgIpc) is 3.01. The summed E-state index contributed by atoms with van der Waals surface area (Å²) in [6.07, 6.45) is -2.82. The lowest BCUT2D eigenvalue weighted by Crippen LogP contribution is -2.41. The van der Waals surface area contributed by atoms with E-state index in [-0.39, 0.29) is 23.5 Å². The summed E-state index contributed by atoms with van der Waals surface area (Å²) in [4.78, 5) is 3.17. The van der Waals surface area contributed by atoms with Crippen LogP contribution in [0, 0.1) is 17.1 Å². The third-order valence-corrected chi connectivity index (χ3v) is 5.92. The zero-order valence-electron chi connectivity index (χ0n) is 15.9. The monoisotopic (exact) mass is 420 g/mol. The highest BCUT2D eigenvalue weighted by molar-refractivity contribution is 5.63. The molecule has 0 amide bonds. The summed E-state index contributed by atoms with van der Waals surface area (Å²) in [5, 5.41) is 20.2. The molecule has 9 heteroatoms. The Bertz CT molecular complexity index is 1000. The second-order valence-corrected chi connectivity index (χ2v) is 7.63. The van der Waals surface area contributed by atoms with Crippen LogP contribution in [0.2, 0.25) is 0 Å². The van der Waals surface area contributed by atoms with Crippen molar-refractivity contribution in [3.8, 4) is 6.07 Å². The third kappa shape index (κ3) is 3.31. The van der Waals surface area contributed by atoms with Crippen LogP contribution in [0.15, 0.2) is 36.4 Å². The Hall–Kier alpha value is -2.99. The third-order valence-electron chi connectivity index (χ3n) is 5.92. The summed E-state index contributed by atoms with van der Waals surface area (Å²) < 4.78 is 54.4. The molecule has 2 aromatic rings. The Balaban J connectivity index is 1.79. The van der Waals surface area contributed by atoms with Crippen LogP contribution in [0.25, 0.3) is 0 Å². The molecular weight excluding hydrogens is 400 g/mol. The number of hydrogen-bond acceptors (Lipinski definition) is 5. The van der Waals surface area contributed by atoms with Crippen LogP contribution in [0.1, 0.15) is 36.8 Å². The highest BCUT2D eigenvalue weighted by Gasteiger charge is 2.48. The molecule has 0 bridgehead atoms. The molecule has 0 aromatic heterocycles. The van der Waals surface area contributed by atoms with Gasteiger partial charge in [-0.05, 0) is 49.2 Å². The van der Waals surface area contributed by atoms with Crippen molar-refractivity contribution in [1.82, 2.24) is 0 Å². The number of rotatable bonds is 2. The van der Waals surface area contributed by atoms with Crippen LogP contribution in [-0.2, 0) is 6.18 Å². The van der Waals surface area contributed by atoms with Crippen molar-refractivity contribution in [2.45, 2.75) is 50.3 Å². The zero-order chi connectivity index (χ0) is 21.6. The molecule has 2 aromatic carbocycles. The van der Waals surface area contributed by atoms with Gasteiger partial charge in [0.25, 0.3) is 0 Å². The number of aliphatic hydroxyl groups excluding tert-OH is 1. The molecule has 4 rings (SSSR count). The maximum atomic E-state index is 14.1. The van der Waals surface area contributed by atoms with Crippen LogP contribution in [0.5, 0.6) is 0 Å². The summed E-state index contributed by atoms with van der Waals surface area (Å²) in [6.45, 7) is 0. The van der Waals surface area contributed by atoms with Gasteiger partial charge in [-0.1, -0.05) is 12.8 Å². The maximum absolute atomic E-state index is 14.1. The molecule has 1 aliphatic carbocycles. The van der Waals surface area contributed by atoms with Crippen molar-refractivity contribution in [1.29, 1.82) is 5.26 Å². The van der Waals surface area contributed by atoms with Gasteiger partial charge in [-0.3, -0.25) is 0 Å². The van der Waals surface area contributed by atoms with Crippen LogP contribution in [-0.4, -0.2) is 23.5 Å². The molecule has 1 unspecified atom stereocenters. The van der Waals surface area contributed by atoms with Crippen molar-refractivity contribution < 1.29 is 22.7 Å². The van der Waals surface area contributed by atoms with Gasteiger partial charge in [0.15, 0.2) is 0 Å². The van der Waals surface area contributed by atoms with E-state index < -0.39 is 29.5 Å². The number of nitrogens with zero attached hydrogens (tertiary/aromatic N) is 3. The second-order valence-electron chi connectivity index (χ2n) is 7.63. The Morgan fingerprint density at radius 1 is 1.00 bits per heavy atom. The number of alkyl halides is 3. The zero-order valence-corrected chi connectivity index (χ0v) is 15.9. The van der Waals surface area contributed by atoms with Gasteiger partial charge < -0.3 is 20.6 Å². The van der Waals surface area contributed by atoms with E-state index in [1.54, 1.807) is 17.0 Å². The number of aliphatic hydroxyl groups is 1. The van der Waals surface area contributed by atoms with Crippen LogP contribution in [0.3, 0.4) is 0 Å². The van der Waals surface area contributed by atoms with Crippen LogP contribution in [0.4, 0.5) is 34.6 Å². The van der Waals surface area contributed by atoms with Gasteiger partial charge >= 0.3 is 6.18 Å². The Morgan fingerprint density at radius 2 is 1.57 bits per heavy atom. The first-order valence-electron chi connectivity index (χ1n) is 9.63. The summed E-state index contributed by atoms with van der Waals surface area (Å²) in [5.41, 5.74) is 4.60. The molecule has 1 aliphatic heterocycles. The molecule has 30 heavy (non-hydrogen) atoms. The predicted molar refractivity (Wildman–Crippen MR) is 104 cm³/mol. The lowest BCUT2D eigenvalue weighted by molar-refractivity contribution is -0.137. The largest absolute Gasteiger partial charge is 0.417 e. The molecule has 158 valence electrons. The van der Waals surface area contributed by atoms with E-state index >= 15 is 0 Å². The molecule has 5 nitrogen and oxygen atoms in total. The molecule has 1 heterocycles. The van der Waals surface area contributed by atoms with Crippen molar-refractivity contribution in [2.24, 2.45) is 0 Å². The fraction of sp³-hybridized carbons (Fsp3) is 0.381. The molecule has 3 N–H and O–H groups in total. The van der Waals surface area contributed by atoms with E-state index in [9.17, 15) is 22.7 Å². The average molecular weight is 420 g/mol. The molecule has 0 spiro atoms. The minimum absolute atomic E-state index is 0.0219. The lowest BCUT2D eigenvalue weighted by atomic mass is 9.89. The smallest absolute Gasteiger partial charge is 0.396 e. The molecule has 0 radical (unpaired) electrons. The number of nitrogen functional groups attached to an aromatic ring is 1. The van der Waals surface area contributed by atoms with Gasteiger partial charge in [-0.15, -0.1) is 0 Å². The van der Waals surface area contributed by atoms with Gasteiger partial charge in [0, 0.05) is 11.4 Å². The van der Waals surface area contributed by atoms with E-state index in [1.807, 2.05) is 0 Å². The van der Waals surface area contributed by atoms with E-state index in [1.165, 1.54) is 23.1 Å². The van der Waals surface area contributed by atoms with E-state index in [0.717, 1.165) is 25.0 Å². The van der Waals surface area contributed by atoms with Crippen molar-refractivity contribution >= 4 is 17.1 Å². The van der Waals surface area contributed by atoms with Crippen molar-refractivity contribution in [2.75, 3.05) is 15.5 Å². The van der Waals surface area contributed by atoms with Gasteiger partial charge in [-0.25, -0.2) is 4.39 Å². The first-order valence-corrected chi connectivity index (χ1v) is 9.63. The standard InChI is InChI=1S/C21H20F4N4O/c22-16-10-14(7-8-17(16)27)29-19-4-2-1-3-18(19)28(20(29)30)13-6-5-12(11-26)15(9-13)21(23,24)25/h5-10,18-20,30H,1-4,27H2/t18-,19-,20?/m1/s1. The van der Waals surface area contributed by atoms with Gasteiger partial charge in [-0.2, -0.15) is 18.4 Å². The number of nitrogens with two attached hydrogens (primary N) is 1. The number of benzene rings is 2. The molecule has 1 saturated carbocycles. The Kier molecular flexibility index (Phi) is 4.98.